The molecule has 0 aliphatic heterocycles. The van der Waals surface area contributed by atoms with Crippen molar-refractivity contribution in [2.45, 2.75) is 18.9 Å². The van der Waals surface area contributed by atoms with Crippen LogP contribution in [0.1, 0.15) is 11.1 Å². The number of hydrogen-bond acceptors (Lipinski definition) is 1. The van der Waals surface area contributed by atoms with Crippen LogP contribution in [0.15, 0.2) is 46.9 Å². The molecule has 2 N–H and O–H groups in total. The zero-order chi connectivity index (χ0) is 13.8. The predicted molar refractivity (Wildman–Crippen MR) is 75.9 cm³/mol. The second-order valence-corrected chi connectivity index (χ2v) is 5.45. The van der Waals surface area contributed by atoms with E-state index in [1.807, 2.05) is 0 Å². The molecule has 0 aromatic heterocycles. The van der Waals surface area contributed by atoms with Crippen molar-refractivity contribution >= 4 is 15.9 Å². The van der Waals surface area contributed by atoms with E-state index in [0.717, 1.165) is 10.0 Å². The summed E-state index contributed by atoms with van der Waals surface area (Å²) >= 11 is 3.31. The average Bonchev–Trinajstić information content (AvgIpc) is 2.37. The number of hydrogen-bond donors (Lipinski definition) is 1. The number of benzene rings is 2. The Bertz CT molecular complexity index is 555. The minimum atomic E-state index is -0.268. The van der Waals surface area contributed by atoms with Crippen molar-refractivity contribution in [1.82, 2.24) is 0 Å². The molecule has 2 aromatic carbocycles. The first-order valence-corrected chi connectivity index (χ1v) is 6.78. The summed E-state index contributed by atoms with van der Waals surface area (Å²) in [7, 11) is 0. The van der Waals surface area contributed by atoms with Crippen molar-refractivity contribution in [3.8, 4) is 0 Å². The van der Waals surface area contributed by atoms with Crippen LogP contribution in [-0.2, 0) is 12.8 Å². The van der Waals surface area contributed by atoms with Gasteiger partial charge in [0.2, 0.25) is 0 Å². The summed E-state index contributed by atoms with van der Waals surface area (Å²) in [5.41, 5.74) is 7.55. The lowest BCUT2D eigenvalue weighted by Gasteiger charge is -2.12. The van der Waals surface area contributed by atoms with Gasteiger partial charge in [0.05, 0.1) is 0 Å². The molecule has 0 saturated carbocycles. The molecular weight excluding hydrogens is 312 g/mol. The van der Waals surface area contributed by atoms with Crippen molar-refractivity contribution in [2.24, 2.45) is 5.73 Å². The Morgan fingerprint density at radius 3 is 2.37 bits per heavy atom. The first-order valence-electron chi connectivity index (χ1n) is 5.98. The first-order chi connectivity index (χ1) is 9.04. The van der Waals surface area contributed by atoms with Crippen LogP contribution in [0.5, 0.6) is 0 Å². The zero-order valence-corrected chi connectivity index (χ0v) is 11.8. The van der Waals surface area contributed by atoms with Crippen LogP contribution in [0.4, 0.5) is 8.78 Å². The summed E-state index contributed by atoms with van der Waals surface area (Å²) in [6.45, 7) is 0. The Labute approximate surface area is 119 Å². The monoisotopic (exact) mass is 325 g/mol. The average molecular weight is 326 g/mol. The van der Waals surface area contributed by atoms with Crippen LogP contribution in [0.3, 0.4) is 0 Å². The number of rotatable bonds is 4. The summed E-state index contributed by atoms with van der Waals surface area (Å²) < 4.78 is 27.2. The molecule has 4 heteroatoms. The van der Waals surface area contributed by atoms with E-state index in [0.29, 0.717) is 18.4 Å². The Hall–Kier alpha value is -1.26. The van der Waals surface area contributed by atoms with Gasteiger partial charge in [-0.1, -0.05) is 28.1 Å². The molecule has 1 atom stereocenters. The molecule has 1 unspecified atom stereocenters. The van der Waals surface area contributed by atoms with Gasteiger partial charge in [0.15, 0.2) is 0 Å². The zero-order valence-electron chi connectivity index (χ0n) is 10.2. The lowest BCUT2D eigenvalue weighted by Crippen LogP contribution is -2.26. The quantitative estimate of drug-likeness (QED) is 0.908. The normalized spacial score (nSPS) is 12.4. The fraction of sp³-hybridized carbons (Fsp3) is 0.200. The van der Waals surface area contributed by atoms with E-state index in [9.17, 15) is 8.78 Å². The van der Waals surface area contributed by atoms with Crippen molar-refractivity contribution in [3.63, 3.8) is 0 Å². The van der Waals surface area contributed by atoms with Gasteiger partial charge in [-0.3, -0.25) is 0 Å². The summed E-state index contributed by atoms with van der Waals surface area (Å²) in [4.78, 5) is 0. The fourth-order valence-corrected chi connectivity index (χ4v) is 2.39. The molecule has 0 saturated heterocycles. The van der Waals surface area contributed by atoms with Crippen molar-refractivity contribution < 1.29 is 8.78 Å². The maximum Gasteiger partial charge on any atom is 0.126 e. The molecule has 2 aromatic rings. The van der Waals surface area contributed by atoms with E-state index < -0.39 is 0 Å². The summed E-state index contributed by atoms with van der Waals surface area (Å²) in [5.74, 6) is -0.520. The van der Waals surface area contributed by atoms with E-state index in [-0.39, 0.29) is 17.7 Å². The molecule has 0 bridgehead atoms. The molecule has 100 valence electrons. The van der Waals surface area contributed by atoms with E-state index in [1.54, 1.807) is 24.3 Å². The van der Waals surface area contributed by atoms with Crippen molar-refractivity contribution in [2.75, 3.05) is 0 Å². The standard InChI is InChI=1S/C15H14BrF2N/c16-12-3-6-15(18)11(8-12)9-14(19)7-10-1-4-13(17)5-2-10/h1-6,8,14H,7,9,19H2. The molecular formula is C15H14BrF2N. The smallest absolute Gasteiger partial charge is 0.126 e. The highest BCUT2D eigenvalue weighted by molar-refractivity contribution is 9.10. The van der Waals surface area contributed by atoms with Gasteiger partial charge < -0.3 is 5.73 Å². The van der Waals surface area contributed by atoms with Gasteiger partial charge in [-0.15, -0.1) is 0 Å². The van der Waals surface area contributed by atoms with E-state index in [1.165, 1.54) is 18.2 Å². The van der Waals surface area contributed by atoms with Gasteiger partial charge >= 0.3 is 0 Å². The Morgan fingerprint density at radius 2 is 1.68 bits per heavy atom. The van der Waals surface area contributed by atoms with E-state index in [4.69, 9.17) is 5.73 Å². The molecule has 1 nitrogen and oxygen atoms in total. The summed E-state index contributed by atoms with van der Waals surface area (Å²) in [5, 5.41) is 0. The van der Waals surface area contributed by atoms with Crippen LogP contribution >= 0.6 is 15.9 Å². The Morgan fingerprint density at radius 1 is 1.00 bits per heavy atom. The van der Waals surface area contributed by atoms with E-state index >= 15 is 0 Å². The minimum absolute atomic E-state index is 0.200. The predicted octanol–water partition coefficient (Wildman–Crippen LogP) is 3.84. The van der Waals surface area contributed by atoms with E-state index in [2.05, 4.69) is 15.9 Å². The highest BCUT2D eigenvalue weighted by Gasteiger charge is 2.10. The molecule has 0 radical (unpaired) electrons. The Balaban J connectivity index is 2.02. The van der Waals surface area contributed by atoms with Gasteiger partial charge in [0.1, 0.15) is 11.6 Å². The van der Waals surface area contributed by atoms with Crippen LogP contribution in [0.25, 0.3) is 0 Å². The maximum atomic E-state index is 13.6. The lowest BCUT2D eigenvalue weighted by atomic mass is 9.99. The summed E-state index contributed by atoms with van der Waals surface area (Å²) in [6.07, 6.45) is 1.04. The van der Waals surface area contributed by atoms with Crippen LogP contribution in [0.2, 0.25) is 0 Å². The molecule has 2 rings (SSSR count). The molecule has 0 fully saturated rings. The van der Waals surface area contributed by atoms with Gasteiger partial charge in [-0.25, -0.2) is 8.78 Å². The second kappa shape index (κ2) is 6.26. The highest BCUT2D eigenvalue weighted by Crippen LogP contribution is 2.17. The molecule has 19 heavy (non-hydrogen) atoms. The first kappa shape index (κ1) is 14.2. The third-order valence-corrected chi connectivity index (χ3v) is 3.39. The largest absolute Gasteiger partial charge is 0.327 e. The lowest BCUT2D eigenvalue weighted by molar-refractivity contribution is 0.583. The van der Waals surface area contributed by atoms with Crippen LogP contribution < -0.4 is 5.73 Å². The SMILES string of the molecule is NC(Cc1ccc(F)cc1)Cc1cc(Br)ccc1F. The second-order valence-electron chi connectivity index (χ2n) is 4.53. The molecule has 0 amide bonds. The van der Waals surface area contributed by atoms with Crippen LogP contribution in [0, 0.1) is 11.6 Å². The minimum Gasteiger partial charge on any atom is -0.327 e. The molecule has 0 aliphatic carbocycles. The third kappa shape index (κ3) is 4.11. The topological polar surface area (TPSA) is 26.0 Å². The van der Waals surface area contributed by atoms with Gasteiger partial charge in [-0.05, 0) is 54.3 Å². The highest BCUT2D eigenvalue weighted by atomic mass is 79.9. The van der Waals surface area contributed by atoms with Gasteiger partial charge in [-0.2, -0.15) is 0 Å². The Kier molecular flexibility index (Phi) is 4.66. The fourth-order valence-electron chi connectivity index (χ4n) is 1.98. The molecule has 0 heterocycles. The van der Waals surface area contributed by atoms with Gasteiger partial charge in [0.25, 0.3) is 0 Å². The number of nitrogens with two attached hydrogens (primary N) is 1. The molecule has 0 aliphatic rings. The summed E-state index contributed by atoms with van der Waals surface area (Å²) in [6, 6.07) is 10.8. The maximum absolute atomic E-state index is 13.6. The van der Waals surface area contributed by atoms with Crippen molar-refractivity contribution in [3.05, 3.63) is 69.7 Å². The third-order valence-electron chi connectivity index (χ3n) is 2.90. The number of halogens is 3. The van der Waals surface area contributed by atoms with Gasteiger partial charge in [0, 0.05) is 10.5 Å². The van der Waals surface area contributed by atoms with Crippen molar-refractivity contribution in [1.29, 1.82) is 0 Å². The molecule has 0 spiro atoms. The van der Waals surface area contributed by atoms with Crippen LogP contribution in [-0.4, -0.2) is 6.04 Å².